The summed E-state index contributed by atoms with van der Waals surface area (Å²) in [4.78, 5) is 15.8. The number of hydrogen-bond acceptors (Lipinski definition) is 4. The summed E-state index contributed by atoms with van der Waals surface area (Å²) in [6, 6.07) is 17.6. The van der Waals surface area contributed by atoms with Gasteiger partial charge in [0, 0.05) is 18.0 Å². The highest BCUT2D eigenvalue weighted by Crippen LogP contribution is 2.20. The molecule has 5 heteroatoms. The van der Waals surface area contributed by atoms with Crippen molar-refractivity contribution in [2.24, 2.45) is 5.10 Å². The minimum Gasteiger partial charge on any atom is -0.326 e. The topological polar surface area (TPSA) is 66.4 Å². The number of carbonyl (C=O) groups is 1. The summed E-state index contributed by atoms with van der Waals surface area (Å²) in [6.45, 7) is 5.46. The maximum absolute atomic E-state index is 11.2. The van der Waals surface area contributed by atoms with Gasteiger partial charge in [0.25, 0.3) is 0 Å². The standard InChI is InChI=1S/C20H20N4O/c1-13-11-20(22-19-10-5-4-9-18(13)19)24-23-14(2)16-7-6-8-17(12-16)21-15(3)25/h4-12H,1-3H3,(H,21,25)(H,22,24)/b23-14+. The number of aromatic nitrogens is 1. The van der Waals surface area contributed by atoms with Crippen LogP contribution < -0.4 is 10.7 Å². The fraction of sp³-hybridized carbons (Fsp3) is 0.150. The van der Waals surface area contributed by atoms with E-state index in [4.69, 9.17) is 0 Å². The van der Waals surface area contributed by atoms with E-state index in [1.807, 2.05) is 55.5 Å². The number of nitrogens with zero attached hydrogens (tertiary/aromatic N) is 2. The lowest BCUT2D eigenvalue weighted by Crippen LogP contribution is -2.07. The summed E-state index contributed by atoms with van der Waals surface area (Å²) in [6.07, 6.45) is 0. The van der Waals surface area contributed by atoms with Crippen LogP contribution in [0.1, 0.15) is 25.0 Å². The first kappa shape index (κ1) is 16.6. The summed E-state index contributed by atoms with van der Waals surface area (Å²) in [5.74, 6) is 0.606. The van der Waals surface area contributed by atoms with Crippen LogP contribution in [0.4, 0.5) is 11.5 Å². The highest BCUT2D eigenvalue weighted by Gasteiger charge is 2.03. The molecule has 3 rings (SSSR count). The fourth-order valence-corrected chi connectivity index (χ4v) is 2.64. The van der Waals surface area contributed by atoms with Crippen molar-refractivity contribution in [3.63, 3.8) is 0 Å². The van der Waals surface area contributed by atoms with E-state index in [0.29, 0.717) is 5.82 Å². The summed E-state index contributed by atoms with van der Waals surface area (Å²) < 4.78 is 0. The van der Waals surface area contributed by atoms with Gasteiger partial charge in [0.05, 0.1) is 11.2 Å². The van der Waals surface area contributed by atoms with E-state index in [0.717, 1.165) is 33.4 Å². The molecule has 25 heavy (non-hydrogen) atoms. The number of fused-ring (bicyclic) bond motifs is 1. The minimum absolute atomic E-state index is 0.0966. The third-order valence-corrected chi connectivity index (χ3v) is 3.86. The van der Waals surface area contributed by atoms with E-state index in [9.17, 15) is 4.79 Å². The first-order chi connectivity index (χ1) is 12.0. The second-order valence-corrected chi connectivity index (χ2v) is 5.91. The SMILES string of the molecule is CC(=O)Nc1cccc(/C(C)=N/Nc2cc(C)c3ccccc3n2)c1. The average Bonchev–Trinajstić information content (AvgIpc) is 2.59. The van der Waals surface area contributed by atoms with Crippen molar-refractivity contribution in [2.75, 3.05) is 10.7 Å². The van der Waals surface area contributed by atoms with E-state index in [2.05, 4.69) is 33.8 Å². The molecule has 0 saturated heterocycles. The smallest absolute Gasteiger partial charge is 0.221 e. The number of benzene rings is 2. The molecule has 0 fully saturated rings. The van der Waals surface area contributed by atoms with Crippen molar-refractivity contribution in [3.05, 3.63) is 65.7 Å². The van der Waals surface area contributed by atoms with Crippen molar-refractivity contribution >= 4 is 34.0 Å². The molecule has 126 valence electrons. The van der Waals surface area contributed by atoms with Crippen LogP contribution in [0, 0.1) is 6.92 Å². The predicted molar refractivity (Wildman–Crippen MR) is 103 cm³/mol. The Morgan fingerprint density at radius 1 is 1.04 bits per heavy atom. The summed E-state index contributed by atoms with van der Waals surface area (Å²) in [5, 5.41) is 8.33. The Kier molecular flexibility index (Phi) is 4.75. The lowest BCUT2D eigenvalue weighted by Gasteiger charge is -2.08. The molecule has 0 aliphatic heterocycles. The molecule has 1 heterocycles. The van der Waals surface area contributed by atoms with Crippen LogP contribution in [-0.2, 0) is 4.79 Å². The van der Waals surface area contributed by atoms with Crippen LogP contribution in [0.25, 0.3) is 10.9 Å². The van der Waals surface area contributed by atoms with Crippen molar-refractivity contribution in [2.45, 2.75) is 20.8 Å². The summed E-state index contributed by atoms with van der Waals surface area (Å²) in [5.41, 5.74) is 7.59. The van der Waals surface area contributed by atoms with Gasteiger partial charge in [-0.3, -0.25) is 10.2 Å². The number of para-hydroxylation sites is 1. The Labute approximate surface area is 146 Å². The quantitative estimate of drug-likeness (QED) is 0.552. The van der Waals surface area contributed by atoms with E-state index < -0.39 is 0 Å². The molecule has 0 aliphatic rings. The minimum atomic E-state index is -0.0966. The van der Waals surface area contributed by atoms with Gasteiger partial charge in [0.1, 0.15) is 5.82 Å². The van der Waals surface area contributed by atoms with Gasteiger partial charge in [0.2, 0.25) is 5.91 Å². The molecular formula is C20H20N4O. The van der Waals surface area contributed by atoms with Crippen LogP contribution in [0.2, 0.25) is 0 Å². The molecule has 0 atom stereocenters. The van der Waals surface area contributed by atoms with Gasteiger partial charge in [-0.25, -0.2) is 4.98 Å². The second kappa shape index (κ2) is 7.13. The van der Waals surface area contributed by atoms with Crippen molar-refractivity contribution in [3.8, 4) is 0 Å². The van der Waals surface area contributed by atoms with E-state index >= 15 is 0 Å². The maximum atomic E-state index is 11.2. The molecule has 2 aromatic carbocycles. The number of amides is 1. The third-order valence-electron chi connectivity index (χ3n) is 3.86. The number of rotatable bonds is 4. The van der Waals surface area contributed by atoms with Crippen LogP contribution in [0.15, 0.2) is 59.7 Å². The summed E-state index contributed by atoms with van der Waals surface area (Å²) in [7, 11) is 0. The first-order valence-electron chi connectivity index (χ1n) is 8.07. The Bertz CT molecular complexity index is 963. The zero-order chi connectivity index (χ0) is 17.8. The van der Waals surface area contributed by atoms with Gasteiger partial charge >= 0.3 is 0 Å². The number of nitrogens with one attached hydrogen (secondary N) is 2. The van der Waals surface area contributed by atoms with Gasteiger partial charge in [-0.05, 0) is 49.2 Å². The van der Waals surface area contributed by atoms with Crippen molar-refractivity contribution in [1.82, 2.24) is 4.98 Å². The van der Waals surface area contributed by atoms with E-state index in [1.54, 1.807) is 0 Å². The van der Waals surface area contributed by atoms with Gasteiger partial charge in [-0.2, -0.15) is 5.10 Å². The number of pyridine rings is 1. The molecule has 0 aliphatic carbocycles. The van der Waals surface area contributed by atoms with Crippen LogP contribution in [0.3, 0.4) is 0 Å². The number of carbonyl (C=O) groups excluding carboxylic acids is 1. The molecule has 2 N–H and O–H groups in total. The maximum Gasteiger partial charge on any atom is 0.221 e. The summed E-state index contributed by atoms with van der Waals surface area (Å²) >= 11 is 0. The Morgan fingerprint density at radius 3 is 2.64 bits per heavy atom. The molecule has 0 bridgehead atoms. The predicted octanol–water partition coefficient (Wildman–Crippen LogP) is 4.34. The number of aryl methyl sites for hydroxylation is 1. The normalized spacial score (nSPS) is 11.4. The third kappa shape index (κ3) is 4.01. The molecule has 3 aromatic rings. The molecular weight excluding hydrogens is 312 g/mol. The van der Waals surface area contributed by atoms with Gasteiger partial charge in [-0.15, -0.1) is 0 Å². The lowest BCUT2D eigenvalue weighted by atomic mass is 10.1. The van der Waals surface area contributed by atoms with E-state index in [-0.39, 0.29) is 5.91 Å². The molecule has 1 amide bonds. The largest absolute Gasteiger partial charge is 0.326 e. The highest BCUT2D eigenvalue weighted by atomic mass is 16.1. The van der Waals surface area contributed by atoms with E-state index in [1.165, 1.54) is 6.92 Å². The average molecular weight is 332 g/mol. The Hall–Kier alpha value is -3.21. The Morgan fingerprint density at radius 2 is 1.84 bits per heavy atom. The zero-order valence-corrected chi connectivity index (χ0v) is 14.5. The van der Waals surface area contributed by atoms with Crippen LogP contribution in [0.5, 0.6) is 0 Å². The molecule has 5 nitrogen and oxygen atoms in total. The molecule has 0 radical (unpaired) electrons. The second-order valence-electron chi connectivity index (χ2n) is 5.91. The van der Waals surface area contributed by atoms with Crippen molar-refractivity contribution in [1.29, 1.82) is 0 Å². The lowest BCUT2D eigenvalue weighted by molar-refractivity contribution is -0.114. The Balaban J connectivity index is 1.83. The van der Waals surface area contributed by atoms with Crippen molar-refractivity contribution < 1.29 is 4.79 Å². The zero-order valence-electron chi connectivity index (χ0n) is 14.5. The number of hydrazone groups is 1. The van der Waals surface area contributed by atoms with Crippen LogP contribution in [-0.4, -0.2) is 16.6 Å². The molecule has 0 unspecified atom stereocenters. The number of anilines is 2. The van der Waals surface area contributed by atoms with Gasteiger partial charge in [0.15, 0.2) is 0 Å². The monoisotopic (exact) mass is 332 g/mol. The molecule has 0 saturated carbocycles. The first-order valence-corrected chi connectivity index (χ1v) is 8.07. The highest BCUT2D eigenvalue weighted by molar-refractivity contribution is 6.00. The van der Waals surface area contributed by atoms with Gasteiger partial charge < -0.3 is 5.32 Å². The van der Waals surface area contributed by atoms with Crippen LogP contribution >= 0.6 is 0 Å². The number of hydrogen-bond donors (Lipinski definition) is 2. The molecule has 0 spiro atoms. The van der Waals surface area contributed by atoms with Gasteiger partial charge in [-0.1, -0.05) is 30.3 Å². The fourth-order valence-electron chi connectivity index (χ4n) is 2.64. The molecule has 1 aromatic heterocycles.